The molecule has 5 aromatic carbocycles. The second-order valence-electron chi connectivity index (χ2n) is 11.1. The highest BCUT2D eigenvalue weighted by atomic mass is 15.0. The molecule has 4 aromatic heterocycles. The summed E-state index contributed by atoms with van der Waals surface area (Å²) in [5.74, 6) is 0.717. The Morgan fingerprint density at radius 2 is 0.956 bits per heavy atom. The lowest BCUT2D eigenvalue weighted by molar-refractivity contribution is 1.22. The molecule has 4 heterocycles. The lowest BCUT2D eigenvalue weighted by Crippen LogP contribution is -1.95. The van der Waals surface area contributed by atoms with E-state index in [0.717, 1.165) is 77.7 Å². The third kappa shape index (κ3) is 4.25. The van der Waals surface area contributed by atoms with E-state index in [1.54, 1.807) is 0 Å². The summed E-state index contributed by atoms with van der Waals surface area (Å²) in [5, 5.41) is 2.11. The molecule has 9 aromatic rings. The van der Waals surface area contributed by atoms with Gasteiger partial charge in [0.05, 0.1) is 27.9 Å². The summed E-state index contributed by atoms with van der Waals surface area (Å²) in [7, 11) is 0. The minimum atomic E-state index is 0.717. The second-order valence-corrected chi connectivity index (χ2v) is 11.1. The van der Waals surface area contributed by atoms with Crippen molar-refractivity contribution in [3.05, 3.63) is 152 Å². The SMILES string of the molecule is c1ccc(-c2nc(-c3ccc(-c4ccc(-c5nc6ccccc6c6nc7ccccn7c56)cc4)cc3)nc3ccccc23)cc1. The van der Waals surface area contributed by atoms with Crippen LogP contribution in [0.3, 0.4) is 0 Å². The zero-order valence-corrected chi connectivity index (χ0v) is 24.2. The van der Waals surface area contributed by atoms with Gasteiger partial charge in [-0.2, -0.15) is 0 Å². The van der Waals surface area contributed by atoms with Gasteiger partial charge in [-0.25, -0.2) is 19.9 Å². The molecule has 0 saturated carbocycles. The number of aromatic nitrogens is 5. The van der Waals surface area contributed by atoms with Crippen LogP contribution in [0.5, 0.6) is 0 Å². The van der Waals surface area contributed by atoms with Gasteiger partial charge in [-0.15, -0.1) is 0 Å². The molecule has 210 valence electrons. The smallest absolute Gasteiger partial charge is 0.160 e. The molecule has 45 heavy (non-hydrogen) atoms. The molecule has 0 saturated heterocycles. The molecular weight excluding hydrogens is 550 g/mol. The van der Waals surface area contributed by atoms with Crippen LogP contribution in [-0.4, -0.2) is 24.3 Å². The van der Waals surface area contributed by atoms with Gasteiger partial charge in [0, 0.05) is 33.7 Å². The number of benzene rings is 5. The predicted octanol–water partition coefficient (Wildman–Crippen LogP) is 9.65. The van der Waals surface area contributed by atoms with Crippen LogP contribution < -0.4 is 0 Å². The first-order chi connectivity index (χ1) is 22.3. The standard InChI is InChI=1S/C40H25N5/c1-2-10-28(11-3-1)36-31-12-4-7-15-34(31)42-40(44-36)30-23-19-27(20-24-30)26-17-21-29(22-18-26)37-39-38(32-13-5-6-14-33(32)41-37)43-35-16-8-9-25-45(35)39/h1-25H. The number of hydrogen-bond donors (Lipinski definition) is 0. The van der Waals surface area contributed by atoms with Crippen molar-refractivity contribution in [1.29, 1.82) is 0 Å². The first-order valence-corrected chi connectivity index (χ1v) is 15.0. The predicted molar refractivity (Wildman–Crippen MR) is 183 cm³/mol. The number of hydrogen-bond acceptors (Lipinski definition) is 4. The topological polar surface area (TPSA) is 56.0 Å². The van der Waals surface area contributed by atoms with E-state index in [1.807, 2.05) is 66.7 Å². The maximum absolute atomic E-state index is 5.12. The lowest BCUT2D eigenvalue weighted by atomic mass is 10.00. The molecule has 0 aliphatic heterocycles. The van der Waals surface area contributed by atoms with Gasteiger partial charge in [0.2, 0.25) is 0 Å². The average Bonchev–Trinajstić information content (AvgIpc) is 3.52. The zero-order valence-electron chi connectivity index (χ0n) is 24.2. The van der Waals surface area contributed by atoms with Gasteiger partial charge in [-0.3, -0.25) is 4.40 Å². The van der Waals surface area contributed by atoms with Gasteiger partial charge >= 0.3 is 0 Å². The van der Waals surface area contributed by atoms with Crippen molar-refractivity contribution >= 4 is 38.5 Å². The highest BCUT2D eigenvalue weighted by Gasteiger charge is 2.16. The normalized spacial score (nSPS) is 11.6. The summed E-state index contributed by atoms with van der Waals surface area (Å²) in [6, 6.07) is 49.9. The number of nitrogens with zero attached hydrogens (tertiary/aromatic N) is 5. The van der Waals surface area contributed by atoms with E-state index in [4.69, 9.17) is 19.9 Å². The zero-order chi connectivity index (χ0) is 29.7. The Kier molecular flexibility index (Phi) is 5.74. The van der Waals surface area contributed by atoms with Crippen LogP contribution in [0.4, 0.5) is 0 Å². The fourth-order valence-electron chi connectivity index (χ4n) is 6.21. The van der Waals surface area contributed by atoms with E-state index in [1.165, 1.54) is 0 Å². The van der Waals surface area contributed by atoms with E-state index >= 15 is 0 Å². The van der Waals surface area contributed by atoms with Gasteiger partial charge in [0.15, 0.2) is 5.82 Å². The molecule has 0 N–H and O–H groups in total. The van der Waals surface area contributed by atoms with Crippen LogP contribution in [-0.2, 0) is 0 Å². The Hall–Kier alpha value is -6.20. The number of fused-ring (bicyclic) bond motifs is 6. The van der Waals surface area contributed by atoms with Crippen LogP contribution in [0.25, 0.3) is 83.5 Å². The second kappa shape index (κ2) is 10.2. The molecule has 0 aliphatic rings. The van der Waals surface area contributed by atoms with E-state index in [-0.39, 0.29) is 0 Å². The maximum atomic E-state index is 5.12. The van der Waals surface area contributed by atoms with E-state index < -0.39 is 0 Å². The molecule has 0 bridgehead atoms. The van der Waals surface area contributed by atoms with Gasteiger partial charge in [0.1, 0.15) is 11.2 Å². The third-order valence-corrected chi connectivity index (χ3v) is 8.43. The summed E-state index contributed by atoms with van der Waals surface area (Å²) < 4.78 is 2.13. The van der Waals surface area contributed by atoms with Crippen LogP contribution in [0.1, 0.15) is 0 Å². The Balaban J connectivity index is 1.09. The van der Waals surface area contributed by atoms with Crippen molar-refractivity contribution in [3.63, 3.8) is 0 Å². The quantitative estimate of drug-likeness (QED) is 0.210. The maximum Gasteiger partial charge on any atom is 0.160 e. The van der Waals surface area contributed by atoms with E-state index in [9.17, 15) is 0 Å². The van der Waals surface area contributed by atoms with Crippen LogP contribution in [0.2, 0.25) is 0 Å². The molecule has 5 heteroatoms. The molecule has 0 aliphatic carbocycles. The van der Waals surface area contributed by atoms with Crippen LogP contribution >= 0.6 is 0 Å². The molecule has 5 nitrogen and oxygen atoms in total. The summed E-state index contributed by atoms with van der Waals surface area (Å²) in [6.45, 7) is 0. The average molecular weight is 576 g/mol. The van der Waals surface area contributed by atoms with Crippen molar-refractivity contribution in [1.82, 2.24) is 24.3 Å². The van der Waals surface area contributed by atoms with Gasteiger partial charge in [-0.1, -0.05) is 121 Å². The Labute approximate surface area is 259 Å². The van der Waals surface area contributed by atoms with Gasteiger partial charge in [-0.05, 0) is 35.4 Å². The van der Waals surface area contributed by atoms with Gasteiger partial charge < -0.3 is 0 Å². The van der Waals surface area contributed by atoms with E-state index in [2.05, 4.69) is 89.5 Å². The van der Waals surface area contributed by atoms with Crippen LogP contribution in [0.15, 0.2) is 152 Å². The largest absolute Gasteiger partial charge is 0.298 e. The van der Waals surface area contributed by atoms with Crippen LogP contribution in [0, 0.1) is 0 Å². The first-order valence-electron chi connectivity index (χ1n) is 15.0. The third-order valence-electron chi connectivity index (χ3n) is 8.43. The van der Waals surface area contributed by atoms with Crippen molar-refractivity contribution in [2.45, 2.75) is 0 Å². The number of imidazole rings is 1. The molecule has 0 unspecified atom stereocenters. The fourth-order valence-corrected chi connectivity index (χ4v) is 6.21. The number of pyridine rings is 2. The Morgan fingerprint density at radius 1 is 0.378 bits per heavy atom. The lowest BCUT2D eigenvalue weighted by Gasteiger charge is -2.10. The number of para-hydroxylation sites is 2. The monoisotopic (exact) mass is 575 g/mol. The molecule has 9 rings (SSSR count). The van der Waals surface area contributed by atoms with Crippen molar-refractivity contribution in [3.8, 4) is 45.0 Å². The summed E-state index contributed by atoms with van der Waals surface area (Å²) in [4.78, 5) is 20.0. The van der Waals surface area contributed by atoms with Gasteiger partial charge in [0.25, 0.3) is 0 Å². The molecule has 0 radical (unpaired) electrons. The molecule has 0 atom stereocenters. The number of rotatable bonds is 4. The molecular formula is C40H25N5. The minimum Gasteiger partial charge on any atom is -0.298 e. The van der Waals surface area contributed by atoms with Crippen molar-refractivity contribution < 1.29 is 0 Å². The highest BCUT2D eigenvalue weighted by Crippen LogP contribution is 2.35. The summed E-state index contributed by atoms with van der Waals surface area (Å²) >= 11 is 0. The Bertz CT molecular complexity index is 2520. The minimum absolute atomic E-state index is 0.717. The van der Waals surface area contributed by atoms with Crippen molar-refractivity contribution in [2.24, 2.45) is 0 Å². The highest BCUT2D eigenvalue weighted by molar-refractivity contribution is 6.09. The summed E-state index contributed by atoms with van der Waals surface area (Å²) in [6.07, 6.45) is 2.06. The van der Waals surface area contributed by atoms with E-state index in [0.29, 0.717) is 5.82 Å². The first kappa shape index (κ1) is 25.3. The molecule has 0 amide bonds. The van der Waals surface area contributed by atoms with Crippen molar-refractivity contribution in [2.75, 3.05) is 0 Å². The molecule has 0 spiro atoms. The summed E-state index contributed by atoms with van der Waals surface area (Å²) in [5.41, 5.74) is 12.0. The fraction of sp³-hybridized carbons (Fsp3) is 0. The Morgan fingerprint density at radius 3 is 1.71 bits per heavy atom. The molecule has 0 fully saturated rings.